The van der Waals surface area contributed by atoms with E-state index >= 15 is 0 Å². The number of hydrogen-bond donors (Lipinski definition) is 0. The molecule has 0 fully saturated rings. The first-order valence-corrected chi connectivity index (χ1v) is 18.9. The highest BCUT2D eigenvalue weighted by Crippen LogP contribution is 2.48. The Hall–Kier alpha value is -6.06. The Balaban J connectivity index is 1.31. The lowest BCUT2D eigenvalue weighted by Gasteiger charge is -2.19. The molecule has 5 heterocycles. The number of rotatable bonds is 1. The van der Waals surface area contributed by atoms with Crippen LogP contribution in [0.15, 0.2) is 126 Å². The Bertz CT molecular complexity index is 3500. The number of fused-ring (bicyclic) bond motifs is 16. The van der Waals surface area contributed by atoms with Crippen LogP contribution in [0, 0.1) is 0 Å². The highest BCUT2D eigenvalue weighted by Gasteiger charge is 2.28. The Morgan fingerprint density at radius 2 is 0.906 bits per heavy atom. The number of aromatic nitrogens is 2. The fourth-order valence-electron chi connectivity index (χ4n) is 9.51. The van der Waals surface area contributed by atoms with Gasteiger partial charge in [0.05, 0.1) is 33.1 Å². The highest BCUT2D eigenvalue weighted by molar-refractivity contribution is 6.31. The van der Waals surface area contributed by atoms with Crippen molar-refractivity contribution < 1.29 is 4.42 Å². The van der Waals surface area contributed by atoms with Gasteiger partial charge >= 0.3 is 0 Å². The Morgan fingerprint density at radius 1 is 0.377 bits per heavy atom. The Labute approximate surface area is 306 Å². The molecule has 0 radical (unpaired) electrons. The molecule has 7 aromatic carbocycles. The molecule has 0 spiro atoms. The second-order valence-corrected chi connectivity index (χ2v) is 17.4. The highest BCUT2D eigenvalue weighted by atomic mass is 16.3. The van der Waals surface area contributed by atoms with Gasteiger partial charge in [-0.15, -0.1) is 0 Å². The van der Waals surface area contributed by atoms with Gasteiger partial charge in [0.2, 0.25) is 0 Å². The zero-order valence-corrected chi connectivity index (χ0v) is 30.8. The number of nitrogens with zero attached hydrogens (tertiary/aromatic N) is 2. The van der Waals surface area contributed by atoms with E-state index in [2.05, 4.69) is 172 Å². The maximum atomic E-state index is 6.78. The molecule has 0 aliphatic rings. The average Bonchev–Trinajstić information content (AvgIpc) is 3.93. The maximum absolute atomic E-state index is 6.78. The molecule has 0 unspecified atom stereocenters. The average molecular weight is 683 g/mol. The third kappa shape index (κ3) is 3.69. The number of para-hydroxylation sites is 1. The topological polar surface area (TPSA) is 22.0 Å². The number of furan rings is 1. The second kappa shape index (κ2) is 9.48. The van der Waals surface area contributed by atoms with Gasteiger partial charge in [-0.25, -0.2) is 0 Å². The summed E-state index contributed by atoms with van der Waals surface area (Å²) in [6, 6.07) is 45.6. The quantitative estimate of drug-likeness (QED) is 0.169. The molecule has 0 saturated heterocycles. The summed E-state index contributed by atoms with van der Waals surface area (Å²) in [5, 5.41) is 12.7. The number of benzene rings is 7. The van der Waals surface area contributed by atoms with Crippen molar-refractivity contribution >= 4 is 98.1 Å². The maximum Gasteiger partial charge on any atom is 0.160 e. The summed E-state index contributed by atoms with van der Waals surface area (Å²) in [6.45, 7) is 14.0. The van der Waals surface area contributed by atoms with Crippen LogP contribution in [0.5, 0.6) is 0 Å². The molecule has 3 nitrogen and oxygen atoms in total. The van der Waals surface area contributed by atoms with Crippen LogP contribution in [0.3, 0.4) is 0 Å². The summed E-state index contributed by atoms with van der Waals surface area (Å²) in [7, 11) is 0. The molecular formula is C50H38N2O. The minimum atomic E-state index is -0.0156. The number of hydrogen-bond acceptors (Lipinski definition) is 1. The molecule has 0 saturated carbocycles. The smallest absolute Gasteiger partial charge is 0.160 e. The fraction of sp³-hybridized carbons (Fsp3) is 0.160. The Kier molecular flexibility index (Phi) is 5.28. The molecule has 0 N–H and O–H groups in total. The van der Waals surface area contributed by atoms with Gasteiger partial charge in [-0.2, -0.15) is 0 Å². The SMILES string of the molecule is CC(C)(C)c1cc2c3ccc(-c4ccccc4)cc3n3c4cc5c6cc(C(C)(C)C)cc7c8ccc9c%10ccccc%10oc9c8n(c5cc4c(c1)c23)c67. The van der Waals surface area contributed by atoms with Crippen molar-refractivity contribution in [3.05, 3.63) is 132 Å². The molecule has 12 rings (SSSR count). The van der Waals surface area contributed by atoms with Crippen LogP contribution < -0.4 is 0 Å². The molecule has 0 aliphatic carbocycles. The Morgan fingerprint density at radius 3 is 1.58 bits per heavy atom. The van der Waals surface area contributed by atoms with Crippen LogP contribution in [-0.4, -0.2) is 8.80 Å². The van der Waals surface area contributed by atoms with E-state index in [-0.39, 0.29) is 10.8 Å². The van der Waals surface area contributed by atoms with E-state index in [0.717, 1.165) is 27.5 Å². The summed E-state index contributed by atoms with van der Waals surface area (Å²) >= 11 is 0. The van der Waals surface area contributed by atoms with Gasteiger partial charge in [-0.05, 0) is 87.7 Å². The lowest BCUT2D eigenvalue weighted by atomic mass is 9.85. The van der Waals surface area contributed by atoms with Crippen molar-refractivity contribution in [2.75, 3.05) is 0 Å². The zero-order chi connectivity index (χ0) is 35.7. The van der Waals surface area contributed by atoms with E-state index < -0.39 is 0 Å². The van der Waals surface area contributed by atoms with Crippen LogP contribution in [0.2, 0.25) is 0 Å². The minimum Gasteiger partial charge on any atom is -0.454 e. The lowest BCUT2D eigenvalue weighted by Crippen LogP contribution is -2.10. The molecule has 0 bridgehead atoms. The van der Waals surface area contributed by atoms with E-state index in [1.165, 1.54) is 92.9 Å². The summed E-state index contributed by atoms with van der Waals surface area (Å²) in [5.41, 5.74) is 14.5. The van der Waals surface area contributed by atoms with Crippen LogP contribution in [0.4, 0.5) is 0 Å². The largest absolute Gasteiger partial charge is 0.454 e. The van der Waals surface area contributed by atoms with E-state index in [1.54, 1.807) is 0 Å². The first kappa shape index (κ1) is 29.5. The van der Waals surface area contributed by atoms with Gasteiger partial charge in [0.1, 0.15) is 5.58 Å². The van der Waals surface area contributed by atoms with Crippen LogP contribution in [0.25, 0.3) is 109 Å². The third-order valence-corrected chi connectivity index (χ3v) is 12.2. The van der Waals surface area contributed by atoms with Gasteiger partial charge < -0.3 is 13.2 Å². The predicted molar refractivity (Wildman–Crippen MR) is 226 cm³/mol. The van der Waals surface area contributed by atoms with E-state index in [4.69, 9.17) is 4.42 Å². The van der Waals surface area contributed by atoms with Gasteiger partial charge in [0.25, 0.3) is 0 Å². The first-order chi connectivity index (χ1) is 25.5. The first-order valence-electron chi connectivity index (χ1n) is 18.9. The standard InChI is InChI=1S/C50H38N2O/c1-49(2,3)29-21-37-31-17-16-28(27-12-8-7-9-13-27)20-41(31)51-42-25-36-40-24-30(50(4,5)6)22-38-33-18-19-34-32-14-10-11-15-44(32)53-48(34)47(33)52(46(38)40)43(36)26-35(42)39(23-29)45(37)51/h7-26H,1-6H3. The molecule has 53 heavy (non-hydrogen) atoms. The van der Waals surface area contributed by atoms with Crippen molar-refractivity contribution in [1.82, 2.24) is 8.80 Å². The fourth-order valence-corrected chi connectivity index (χ4v) is 9.51. The van der Waals surface area contributed by atoms with Gasteiger partial charge in [-0.1, -0.05) is 108 Å². The predicted octanol–water partition coefficient (Wildman–Crippen LogP) is 14.1. The summed E-state index contributed by atoms with van der Waals surface area (Å²) in [4.78, 5) is 0. The molecule has 0 amide bonds. The molecule has 12 aromatic rings. The van der Waals surface area contributed by atoms with E-state index in [9.17, 15) is 0 Å². The molecule has 254 valence electrons. The molecule has 0 aliphatic heterocycles. The van der Waals surface area contributed by atoms with Crippen LogP contribution in [0.1, 0.15) is 52.7 Å². The van der Waals surface area contributed by atoms with Crippen molar-refractivity contribution in [3.8, 4) is 11.1 Å². The molecule has 3 heteroatoms. The summed E-state index contributed by atoms with van der Waals surface area (Å²) in [5.74, 6) is 0. The van der Waals surface area contributed by atoms with Crippen molar-refractivity contribution in [2.45, 2.75) is 52.4 Å². The minimum absolute atomic E-state index is 0.00212. The van der Waals surface area contributed by atoms with E-state index in [1.807, 2.05) is 0 Å². The monoisotopic (exact) mass is 682 g/mol. The van der Waals surface area contributed by atoms with Crippen LogP contribution >= 0.6 is 0 Å². The van der Waals surface area contributed by atoms with Gasteiger partial charge in [-0.3, -0.25) is 0 Å². The molecule has 5 aromatic heterocycles. The van der Waals surface area contributed by atoms with Gasteiger partial charge in [0, 0.05) is 53.9 Å². The van der Waals surface area contributed by atoms with E-state index in [0.29, 0.717) is 0 Å². The molecule has 0 atom stereocenters. The van der Waals surface area contributed by atoms with Crippen LogP contribution in [-0.2, 0) is 10.8 Å². The van der Waals surface area contributed by atoms with Crippen molar-refractivity contribution in [3.63, 3.8) is 0 Å². The van der Waals surface area contributed by atoms with Crippen molar-refractivity contribution in [2.24, 2.45) is 0 Å². The van der Waals surface area contributed by atoms with Gasteiger partial charge in [0.15, 0.2) is 5.58 Å². The lowest BCUT2D eigenvalue weighted by molar-refractivity contribution is 0.591. The molecular weight excluding hydrogens is 645 g/mol. The summed E-state index contributed by atoms with van der Waals surface area (Å²) in [6.07, 6.45) is 0. The normalized spacial score (nSPS) is 13.5. The van der Waals surface area contributed by atoms with Crippen molar-refractivity contribution in [1.29, 1.82) is 0 Å². The summed E-state index contributed by atoms with van der Waals surface area (Å²) < 4.78 is 11.9. The zero-order valence-electron chi connectivity index (χ0n) is 30.8. The second-order valence-electron chi connectivity index (χ2n) is 17.4. The third-order valence-electron chi connectivity index (χ3n) is 12.2.